The maximum Gasteiger partial charge on any atom is 0.407 e. The Morgan fingerprint density at radius 2 is 1.71 bits per heavy atom. The first-order valence-corrected chi connectivity index (χ1v) is 12.2. The largest absolute Gasteiger partial charge is 0.481 e. The average Bonchev–Trinajstić information content (AvgIpc) is 3.57. The molecule has 3 aliphatic rings. The highest BCUT2D eigenvalue weighted by Crippen LogP contribution is 2.44. The lowest BCUT2D eigenvalue weighted by Crippen LogP contribution is -2.47. The molecule has 2 amide bonds. The third-order valence-corrected chi connectivity index (χ3v) is 7.67. The lowest BCUT2D eigenvalue weighted by molar-refractivity contribution is -0.146. The van der Waals surface area contributed by atoms with Crippen LogP contribution in [0.5, 0.6) is 0 Å². The van der Waals surface area contributed by atoms with Crippen LogP contribution in [0.2, 0.25) is 0 Å². The summed E-state index contributed by atoms with van der Waals surface area (Å²) in [6.07, 6.45) is -0.119. The van der Waals surface area contributed by atoms with Crippen LogP contribution in [0.3, 0.4) is 0 Å². The molecule has 4 atom stereocenters. The van der Waals surface area contributed by atoms with E-state index in [1.54, 1.807) is 11.8 Å². The number of carboxylic acids is 1. The minimum absolute atomic E-state index is 0.0175. The first kappa shape index (κ1) is 23.4. The molecule has 1 aliphatic carbocycles. The van der Waals surface area contributed by atoms with Crippen molar-refractivity contribution in [3.63, 3.8) is 0 Å². The summed E-state index contributed by atoms with van der Waals surface area (Å²) in [6, 6.07) is 16.0. The lowest BCUT2D eigenvalue weighted by atomic mass is 9.98. The number of hydrogen-bond acceptors (Lipinski definition) is 5. The van der Waals surface area contributed by atoms with Gasteiger partial charge < -0.3 is 24.8 Å². The highest BCUT2D eigenvalue weighted by Gasteiger charge is 2.44. The van der Waals surface area contributed by atoms with E-state index in [1.165, 1.54) is 11.1 Å². The van der Waals surface area contributed by atoms with Gasteiger partial charge in [0.15, 0.2) is 0 Å². The van der Waals surface area contributed by atoms with Crippen LogP contribution in [-0.2, 0) is 19.1 Å². The summed E-state index contributed by atoms with van der Waals surface area (Å²) in [4.78, 5) is 38.6. The molecule has 2 heterocycles. The fourth-order valence-corrected chi connectivity index (χ4v) is 5.72. The molecule has 2 saturated heterocycles. The Morgan fingerprint density at radius 3 is 2.34 bits per heavy atom. The smallest absolute Gasteiger partial charge is 0.407 e. The molecular weight excluding hydrogens is 448 g/mol. The van der Waals surface area contributed by atoms with E-state index in [4.69, 9.17) is 9.47 Å². The van der Waals surface area contributed by atoms with Gasteiger partial charge in [0, 0.05) is 37.6 Å². The van der Waals surface area contributed by atoms with Gasteiger partial charge in [0.1, 0.15) is 12.7 Å². The van der Waals surface area contributed by atoms with Crippen molar-refractivity contribution in [3.05, 3.63) is 59.7 Å². The fraction of sp³-hybridized carbons (Fsp3) is 0.444. The van der Waals surface area contributed by atoms with Gasteiger partial charge in [-0.3, -0.25) is 9.59 Å². The first-order chi connectivity index (χ1) is 17.0. The molecule has 2 aliphatic heterocycles. The predicted octanol–water partition coefficient (Wildman–Crippen LogP) is 3.25. The van der Waals surface area contributed by atoms with Gasteiger partial charge >= 0.3 is 12.1 Å². The Labute approximate surface area is 204 Å². The van der Waals surface area contributed by atoms with Crippen LogP contribution in [0.4, 0.5) is 4.79 Å². The summed E-state index contributed by atoms with van der Waals surface area (Å²) in [5.41, 5.74) is 4.64. The standard InChI is InChI=1S/C27H30N2O6/c1-16-18(26(31)32)10-12-29(16)25(30)24-17(11-13-34-24)14-28-27(33)35-15-23-21-8-4-2-6-19(21)20-7-3-5-9-22(20)23/h2-9,16-18,23-24H,10-15H2,1H3,(H,28,33)(H,31,32)/t16?,17-,18?,24-/m1/s1. The zero-order valence-corrected chi connectivity index (χ0v) is 19.7. The SMILES string of the molecule is CC1C(C(=O)O)CCN1C(=O)[C@@H]1OCC[C@@H]1CNC(=O)OCC1c2ccccc2-c2ccccc21. The van der Waals surface area contributed by atoms with E-state index >= 15 is 0 Å². The van der Waals surface area contributed by atoms with E-state index < -0.39 is 24.1 Å². The van der Waals surface area contributed by atoms with Gasteiger partial charge in [-0.25, -0.2) is 4.79 Å². The second kappa shape index (κ2) is 9.70. The number of nitrogens with one attached hydrogen (secondary N) is 1. The number of fused-ring (bicyclic) bond motifs is 3. The van der Waals surface area contributed by atoms with Gasteiger partial charge in [0.05, 0.1) is 5.92 Å². The molecular formula is C27H30N2O6. The third-order valence-electron chi connectivity index (χ3n) is 7.67. The summed E-state index contributed by atoms with van der Waals surface area (Å²) < 4.78 is 11.3. The number of nitrogens with zero attached hydrogens (tertiary/aromatic N) is 1. The fourth-order valence-electron chi connectivity index (χ4n) is 5.72. The van der Waals surface area contributed by atoms with Crippen molar-refractivity contribution in [1.29, 1.82) is 0 Å². The summed E-state index contributed by atoms with van der Waals surface area (Å²) in [7, 11) is 0. The molecule has 5 rings (SSSR count). The molecule has 0 saturated carbocycles. The van der Waals surface area contributed by atoms with Crippen LogP contribution in [0, 0.1) is 11.8 Å². The van der Waals surface area contributed by atoms with Crippen LogP contribution >= 0.6 is 0 Å². The number of ether oxygens (including phenoxy) is 2. The molecule has 2 fully saturated rings. The summed E-state index contributed by atoms with van der Waals surface area (Å²) in [5, 5.41) is 12.2. The number of carboxylic acid groups (broad SMARTS) is 1. The number of carbonyl (C=O) groups excluding carboxylic acids is 2. The van der Waals surface area contributed by atoms with Crippen LogP contribution in [0.1, 0.15) is 36.8 Å². The van der Waals surface area contributed by atoms with E-state index in [9.17, 15) is 19.5 Å². The number of rotatable bonds is 6. The van der Waals surface area contributed by atoms with Gasteiger partial charge in [-0.05, 0) is 42.0 Å². The van der Waals surface area contributed by atoms with Crippen LogP contribution in [0.15, 0.2) is 48.5 Å². The van der Waals surface area contributed by atoms with Crippen molar-refractivity contribution in [2.24, 2.45) is 11.8 Å². The molecule has 2 aromatic rings. The number of amides is 2. The Kier molecular flexibility index (Phi) is 6.47. The van der Waals surface area contributed by atoms with Gasteiger partial charge in [0.2, 0.25) is 0 Å². The highest BCUT2D eigenvalue weighted by atomic mass is 16.5. The predicted molar refractivity (Wildman–Crippen MR) is 128 cm³/mol. The second-order valence-electron chi connectivity index (χ2n) is 9.55. The minimum Gasteiger partial charge on any atom is -0.481 e. The van der Waals surface area contributed by atoms with E-state index in [-0.39, 0.29) is 36.9 Å². The topological polar surface area (TPSA) is 105 Å². The van der Waals surface area contributed by atoms with Gasteiger partial charge in [-0.1, -0.05) is 48.5 Å². The molecule has 184 valence electrons. The number of alkyl carbamates (subject to hydrolysis) is 1. The quantitative estimate of drug-likeness (QED) is 0.660. The average molecular weight is 479 g/mol. The number of benzene rings is 2. The zero-order valence-electron chi connectivity index (χ0n) is 19.7. The van der Waals surface area contributed by atoms with Crippen molar-refractivity contribution in [3.8, 4) is 11.1 Å². The Bertz CT molecular complexity index is 1090. The second-order valence-corrected chi connectivity index (χ2v) is 9.55. The molecule has 0 bridgehead atoms. The van der Waals surface area contributed by atoms with Crippen molar-refractivity contribution in [1.82, 2.24) is 10.2 Å². The molecule has 0 spiro atoms. The molecule has 0 aromatic heterocycles. The van der Waals surface area contributed by atoms with Crippen molar-refractivity contribution < 1.29 is 29.0 Å². The van der Waals surface area contributed by atoms with E-state index in [0.717, 1.165) is 11.1 Å². The molecule has 0 radical (unpaired) electrons. The third kappa shape index (κ3) is 4.38. The Morgan fingerprint density at radius 1 is 1.06 bits per heavy atom. The van der Waals surface area contributed by atoms with E-state index in [2.05, 4.69) is 29.6 Å². The minimum atomic E-state index is -0.881. The Hall–Kier alpha value is -3.39. The highest BCUT2D eigenvalue weighted by molar-refractivity contribution is 5.84. The van der Waals surface area contributed by atoms with Crippen LogP contribution in [0.25, 0.3) is 11.1 Å². The molecule has 8 heteroatoms. The van der Waals surface area contributed by atoms with Crippen molar-refractivity contribution in [2.45, 2.75) is 37.8 Å². The van der Waals surface area contributed by atoms with Crippen molar-refractivity contribution in [2.75, 3.05) is 26.3 Å². The Balaban J connectivity index is 1.16. The number of carbonyl (C=O) groups is 3. The number of hydrogen-bond donors (Lipinski definition) is 2. The zero-order chi connectivity index (χ0) is 24.5. The molecule has 8 nitrogen and oxygen atoms in total. The maximum atomic E-state index is 13.1. The summed E-state index contributed by atoms with van der Waals surface area (Å²) in [5.74, 6) is -1.83. The molecule has 35 heavy (non-hydrogen) atoms. The van der Waals surface area contributed by atoms with E-state index in [1.807, 2.05) is 24.3 Å². The number of aliphatic carboxylic acids is 1. The molecule has 2 aromatic carbocycles. The van der Waals surface area contributed by atoms with Gasteiger partial charge in [-0.2, -0.15) is 0 Å². The summed E-state index contributed by atoms with van der Waals surface area (Å²) in [6.45, 7) is 3.09. The van der Waals surface area contributed by atoms with Gasteiger partial charge in [-0.15, -0.1) is 0 Å². The van der Waals surface area contributed by atoms with Gasteiger partial charge in [0.25, 0.3) is 5.91 Å². The normalized spacial score (nSPS) is 25.2. The maximum absolute atomic E-state index is 13.1. The first-order valence-electron chi connectivity index (χ1n) is 12.2. The molecule has 2 unspecified atom stereocenters. The monoisotopic (exact) mass is 478 g/mol. The van der Waals surface area contributed by atoms with Crippen molar-refractivity contribution >= 4 is 18.0 Å². The van der Waals surface area contributed by atoms with Crippen LogP contribution < -0.4 is 5.32 Å². The molecule has 2 N–H and O–H groups in total. The summed E-state index contributed by atoms with van der Waals surface area (Å²) >= 11 is 0. The number of likely N-dealkylation sites (tertiary alicyclic amines) is 1. The van der Waals surface area contributed by atoms with Crippen LogP contribution in [-0.4, -0.2) is 66.4 Å². The van der Waals surface area contributed by atoms with E-state index in [0.29, 0.717) is 26.0 Å². The lowest BCUT2D eigenvalue weighted by Gasteiger charge is -2.28.